The fraction of sp³-hybridized carbons (Fsp3) is 0.462. The van der Waals surface area contributed by atoms with E-state index in [4.69, 9.17) is 4.52 Å². The molecule has 100 valence electrons. The summed E-state index contributed by atoms with van der Waals surface area (Å²) in [5.41, 5.74) is 0.484. The molecule has 0 radical (unpaired) electrons. The minimum atomic E-state index is -0.172. The first kappa shape index (κ1) is 12.1. The Hall–Kier alpha value is -1.95. The van der Waals surface area contributed by atoms with Gasteiger partial charge in [0.2, 0.25) is 5.56 Å². The Labute approximate surface area is 110 Å². The van der Waals surface area contributed by atoms with Crippen LogP contribution in [0.25, 0.3) is 11.5 Å². The average molecular weight is 260 g/mol. The van der Waals surface area contributed by atoms with Crippen LogP contribution in [-0.2, 0) is 6.42 Å². The molecule has 0 aromatic carbocycles. The van der Waals surface area contributed by atoms with Gasteiger partial charge in [-0.15, -0.1) is 0 Å². The molecule has 19 heavy (non-hydrogen) atoms. The van der Waals surface area contributed by atoms with Gasteiger partial charge < -0.3 is 14.8 Å². The van der Waals surface area contributed by atoms with Gasteiger partial charge in [-0.25, -0.2) is 0 Å². The summed E-state index contributed by atoms with van der Waals surface area (Å²) in [6.07, 6.45) is 4.79. The first-order chi connectivity index (χ1) is 9.31. The summed E-state index contributed by atoms with van der Waals surface area (Å²) in [6, 6.07) is 3.21. The van der Waals surface area contributed by atoms with E-state index in [0.29, 0.717) is 23.2 Å². The average Bonchev–Trinajstić information content (AvgIpc) is 2.88. The number of aromatic amines is 1. The Morgan fingerprint density at radius 1 is 1.47 bits per heavy atom. The number of aromatic nitrogens is 3. The van der Waals surface area contributed by atoms with E-state index in [9.17, 15) is 4.79 Å². The number of hydrogen-bond acceptors (Lipinski definition) is 5. The van der Waals surface area contributed by atoms with Crippen LogP contribution in [0.3, 0.4) is 0 Å². The van der Waals surface area contributed by atoms with Gasteiger partial charge in [0.25, 0.3) is 5.89 Å². The topological polar surface area (TPSA) is 83.8 Å². The lowest BCUT2D eigenvalue weighted by molar-refractivity contribution is 0.360. The second kappa shape index (κ2) is 5.36. The molecule has 0 amide bonds. The fourth-order valence-electron chi connectivity index (χ4n) is 2.39. The van der Waals surface area contributed by atoms with Gasteiger partial charge in [-0.05, 0) is 37.9 Å². The molecule has 3 heterocycles. The SMILES string of the molecule is O=c1cc(-c2nc(CC3CCCNC3)no2)cc[nH]1. The van der Waals surface area contributed by atoms with Crippen molar-refractivity contribution in [3.63, 3.8) is 0 Å². The molecule has 0 saturated carbocycles. The molecule has 2 aromatic rings. The van der Waals surface area contributed by atoms with E-state index in [1.165, 1.54) is 18.9 Å². The lowest BCUT2D eigenvalue weighted by Gasteiger charge is -2.20. The minimum absolute atomic E-state index is 0.172. The molecule has 0 bridgehead atoms. The molecular weight excluding hydrogens is 244 g/mol. The number of H-pyrrole nitrogens is 1. The number of rotatable bonds is 3. The van der Waals surface area contributed by atoms with Crippen molar-refractivity contribution in [3.05, 3.63) is 34.5 Å². The Balaban J connectivity index is 1.74. The van der Waals surface area contributed by atoms with Gasteiger partial charge in [-0.3, -0.25) is 4.79 Å². The van der Waals surface area contributed by atoms with Gasteiger partial charge in [0.05, 0.1) is 0 Å². The maximum atomic E-state index is 11.2. The van der Waals surface area contributed by atoms with Crippen molar-refractivity contribution in [2.24, 2.45) is 5.92 Å². The van der Waals surface area contributed by atoms with Crippen LogP contribution in [0.1, 0.15) is 18.7 Å². The third-order valence-corrected chi connectivity index (χ3v) is 3.36. The van der Waals surface area contributed by atoms with E-state index in [0.717, 1.165) is 19.5 Å². The lowest BCUT2D eigenvalue weighted by Crippen LogP contribution is -2.31. The van der Waals surface area contributed by atoms with Gasteiger partial charge in [0.1, 0.15) is 0 Å². The van der Waals surface area contributed by atoms with Crippen LogP contribution in [0.15, 0.2) is 27.6 Å². The number of pyridine rings is 1. The van der Waals surface area contributed by atoms with Crippen molar-refractivity contribution < 1.29 is 4.52 Å². The van der Waals surface area contributed by atoms with E-state index in [2.05, 4.69) is 20.4 Å². The molecule has 0 aliphatic carbocycles. The minimum Gasteiger partial charge on any atom is -0.334 e. The molecule has 6 heteroatoms. The summed E-state index contributed by atoms with van der Waals surface area (Å²) in [6.45, 7) is 2.11. The van der Waals surface area contributed by atoms with Gasteiger partial charge in [0, 0.05) is 24.2 Å². The van der Waals surface area contributed by atoms with Crippen molar-refractivity contribution in [2.75, 3.05) is 13.1 Å². The molecule has 1 atom stereocenters. The van der Waals surface area contributed by atoms with Gasteiger partial charge in [0.15, 0.2) is 5.82 Å². The van der Waals surface area contributed by atoms with E-state index in [1.54, 1.807) is 12.3 Å². The van der Waals surface area contributed by atoms with E-state index < -0.39 is 0 Å². The molecule has 3 rings (SSSR count). The Bertz CT molecular complexity index is 598. The number of hydrogen-bond donors (Lipinski definition) is 2. The predicted octanol–water partition coefficient (Wildman–Crippen LogP) is 0.967. The van der Waals surface area contributed by atoms with Gasteiger partial charge in [-0.2, -0.15) is 4.98 Å². The zero-order valence-electron chi connectivity index (χ0n) is 10.6. The zero-order valence-corrected chi connectivity index (χ0v) is 10.6. The molecular formula is C13H16N4O2. The zero-order chi connectivity index (χ0) is 13.1. The van der Waals surface area contributed by atoms with Crippen molar-refractivity contribution in [2.45, 2.75) is 19.3 Å². The fourth-order valence-corrected chi connectivity index (χ4v) is 2.39. The highest BCUT2D eigenvalue weighted by atomic mass is 16.5. The molecule has 1 aliphatic heterocycles. The standard InChI is InChI=1S/C13H16N4O2/c18-12-7-10(3-5-15-12)13-16-11(17-19-13)6-9-2-1-4-14-8-9/h3,5,7,9,14H,1-2,4,6,8H2,(H,15,18). The van der Waals surface area contributed by atoms with Crippen molar-refractivity contribution in [1.29, 1.82) is 0 Å². The quantitative estimate of drug-likeness (QED) is 0.859. The first-order valence-corrected chi connectivity index (χ1v) is 6.54. The van der Waals surface area contributed by atoms with Gasteiger partial charge >= 0.3 is 0 Å². The molecule has 0 spiro atoms. The molecule has 1 unspecified atom stereocenters. The third kappa shape index (κ3) is 2.90. The highest BCUT2D eigenvalue weighted by molar-refractivity contribution is 5.50. The first-order valence-electron chi connectivity index (χ1n) is 6.54. The van der Waals surface area contributed by atoms with Crippen LogP contribution < -0.4 is 10.9 Å². The summed E-state index contributed by atoms with van der Waals surface area (Å²) < 4.78 is 5.21. The van der Waals surface area contributed by atoms with E-state index in [-0.39, 0.29) is 5.56 Å². The summed E-state index contributed by atoms with van der Waals surface area (Å²) in [4.78, 5) is 18.2. The Morgan fingerprint density at radius 3 is 3.21 bits per heavy atom. The largest absolute Gasteiger partial charge is 0.334 e. The number of piperidine rings is 1. The molecule has 1 fully saturated rings. The second-order valence-corrected chi connectivity index (χ2v) is 4.87. The van der Waals surface area contributed by atoms with Crippen LogP contribution in [0, 0.1) is 5.92 Å². The highest BCUT2D eigenvalue weighted by Crippen LogP contribution is 2.18. The third-order valence-electron chi connectivity index (χ3n) is 3.36. The van der Waals surface area contributed by atoms with Crippen LogP contribution in [0.4, 0.5) is 0 Å². The normalized spacial score (nSPS) is 19.5. The van der Waals surface area contributed by atoms with Gasteiger partial charge in [-0.1, -0.05) is 5.16 Å². The number of nitrogens with zero attached hydrogens (tertiary/aromatic N) is 2. The van der Waals surface area contributed by atoms with Crippen molar-refractivity contribution >= 4 is 0 Å². The number of nitrogens with one attached hydrogen (secondary N) is 2. The molecule has 1 aliphatic rings. The maximum absolute atomic E-state index is 11.2. The molecule has 6 nitrogen and oxygen atoms in total. The Kier molecular flexibility index (Phi) is 3.41. The van der Waals surface area contributed by atoms with Crippen LogP contribution in [0.5, 0.6) is 0 Å². The van der Waals surface area contributed by atoms with E-state index >= 15 is 0 Å². The second-order valence-electron chi connectivity index (χ2n) is 4.87. The van der Waals surface area contributed by atoms with E-state index in [1.807, 2.05) is 0 Å². The van der Waals surface area contributed by atoms with Crippen LogP contribution in [-0.4, -0.2) is 28.2 Å². The van der Waals surface area contributed by atoms with Crippen molar-refractivity contribution in [1.82, 2.24) is 20.4 Å². The summed E-state index contributed by atoms with van der Waals surface area (Å²) in [5.74, 6) is 1.69. The molecule has 1 saturated heterocycles. The summed E-state index contributed by atoms with van der Waals surface area (Å²) in [7, 11) is 0. The van der Waals surface area contributed by atoms with Crippen molar-refractivity contribution in [3.8, 4) is 11.5 Å². The summed E-state index contributed by atoms with van der Waals surface area (Å²) >= 11 is 0. The van der Waals surface area contributed by atoms with Crippen LogP contribution >= 0.6 is 0 Å². The smallest absolute Gasteiger partial charge is 0.258 e. The predicted molar refractivity (Wildman–Crippen MR) is 69.7 cm³/mol. The molecule has 2 aromatic heterocycles. The molecule has 2 N–H and O–H groups in total. The highest BCUT2D eigenvalue weighted by Gasteiger charge is 2.17. The monoisotopic (exact) mass is 260 g/mol. The van der Waals surface area contributed by atoms with Crippen LogP contribution in [0.2, 0.25) is 0 Å². The summed E-state index contributed by atoms with van der Waals surface area (Å²) in [5, 5.41) is 7.36. The maximum Gasteiger partial charge on any atom is 0.258 e. The lowest BCUT2D eigenvalue weighted by atomic mass is 9.96. The Morgan fingerprint density at radius 2 is 2.42 bits per heavy atom.